The zero-order valence-electron chi connectivity index (χ0n) is 9.26. The molecular formula is C12H14F3NS. The van der Waals surface area contributed by atoms with E-state index in [1.165, 1.54) is 4.90 Å². The Labute approximate surface area is 103 Å². The van der Waals surface area contributed by atoms with Crippen LogP contribution in [0.15, 0.2) is 29.2 Å². The van der Waals surface area contributed by atoms with Gasteiger partial charge in [-0.05, 0) is 23.8 Å². The Bertz CT molecular complexity index is 378. The molecular weight excluding hydrogens is 247 g/mol. The molecule has 1 heterocycles. The number of nitrogens with one attached hydrogen (secondary N) is 1. The van der Waals surface area contributed by atoms with Crippen LogP contribution in [-0.4, -0.2) is 18.5 Å². The van der Waals surface area contributed by atoms with Gasteiger partial charge in [-0.1, -0.05) is 18.2 Å². The van der Waals surface area contributed by atoms with Crippen molar-refractivity contribution in [3.05, 3.63) is 29.8 Å². The molecule has 0 bridgehead atoms. The third-order valence-electron chi connectivity index (χ3n) is 2.76. The third kappa shape index (κ3) is 3.64. The Kier molecular flexibility index (Phi) is 3.99. The molecule has 0 radical (unpaired) electrons. The van der Waals surface area contributed by atoms with E-state index >= 15 is 0 Å². The normalized spacial score (nSPS) is 20.1. The maximum Gasteiger partial charge on any atom is 0.390 e. The average molecular weight is 261 g/mol. The van der Waals surface area contributed by atoms with E-state index in [0.29, 0.717) is 0 Å². The molecule has 1 N–H and O–H groups in total. The summed E-state index contributed by atoms with van der Waals surface area (Å²) >= 11 is 1.77. The lowest BCUT2D eigenvalue weighted by atomic mass is 10.0. The first-order valence-electron chi connectivity index (χ1n) is 5.58. The van der Waals surface area contributed by atoms with E-state index in [-0.39, 0.29) is 12.6 Å². The van der Waals surface area contributed by atoms with E-state index in [0.717, 1.165) is 17.7 Å². The van der Waals surface area contributed by atoms with Gasteiger partial charge in [-0.2, -0.15) is 13.2 Å². The summed E-state index contributed by atoms with van der Waals surface area (Å²) in [6.07, 6.45) is -3.95. The van der Waals surface area contributed by atoms with Crippen molar-refractivity contribution in [1.82, 2.24) is 5.32 Å². The minimum Gasteiger partial charge on any atom is -0.310 e. The van der Waals surface area contributed by atoms with Crippen LogP contribution in [0.4, 0.5) is 13.2 Å². The highest BCUT2D eigenvalue weighted by atomic mass is 32.2. The zero-order chi connectivity index (χ0) is 12.3. The summed E-state index contributed by atoms with van der Waals surface area (Å²) in [5.74, 6) is 0.959. The van der Waals surface area contributed by atoms with Crippen LogP contribution >= 0.6 is 11.8 Å². The van der Waals surface area contributed by atoms with Crippen molar-refractivity contribution < 1.29 is 13.2 Å². The number of benzene rings is 1. The van der Waals surface area contributed by atoms with E-state index in [9.17, 15) is 13.2 Å². The van der Waals surface area contributed by atoms with Crippen LogP contribution in [0, 0.1) is 0 Å². The topological polar surface area (TPSA) is 12.0 Å². The largest absolute Gasteiger partial charge is 0.390 e. The van der Waals surface area contributed by atoms with Crippen molar-refractivity contribution in [3.8, 4) is 0 Å². The molecule has 1 unspecified atom stereocenters. The Balaban J connectivity index is 1.95. The van der Waals surface area contributed by atoms with Gasteiger partial charge in [0.1, 0.15) is 0 Å². The average Bonchev–Trinajstić information content (AvgIpc) is 2.28. The second-order valence-electron chi connectivity index (χ2n) is 4.05. The van der Waals surface area contributed by atoms with Crippen molar-refractivity contribution in [2.75, 3.05) is 12.3 Å². The van der Waals surface area contributed by atoms with Gasteiger partial charge in [-0.15, -0.1) is 11.8 Å². The summed E-state index contributed by atoms with van der Waals surface area (Å²) in [4.78, 5) is 1.18. The number of halogens is 3. The molecule has 1 atom stereocenters. The fraction of sp³-hybridized carbons (Fsp3) is 0.500. The SMILES string of the molecule is FC(F)(F)CCNC1CCSc2ccccc21. The monoisotopic (exact) mass is 261 g/mol. The molecule has 5 heteroatoms. The highest BCUT2D eigenvalue weighted by molar-refractivity contribution is 7.99. The fourth-order valence-electron chi connectivity index (χ4n) is 1.94. The zero-order valence-corrected chi connectivity index (χ0v) is 10.1. The van der Waals surface area contributed by atoms with Gasteiger partial charge in [0.25, 0.3) is 0 Å². The van der Waals surface area contributed by atoms with Crippen molar-refractivity contribution in [2.45, 2.75) is 30.0 Å². The van der Waals surface area contributed by atoms with Gasteiger partial charge in [0.15, 0.2) is 0 Å². The lowest BCUT2D eigenvalue weighted by Gasteiger charge is -2.26. The quantitative estimate of drug-likeness (QED) is 0.889. The van der Waals surface area contributed by atoms with Crippen molar-refractivity contribution >= 4 is 11.8 Å². The van der Waals surface area contributed by atoms with Gasteiger partial charge in [0.2, 0.25) is 0 Å². The van der Waals surface area contributed by atoms with Crippen LogP contribution in [0.5, 0.6) is 0 Å². The summed E-state index contributed by atoms with van der Waals surface area (Å²) in [5.41, 5.74) is 1.13. The molecule has 2 rings (SSSR count). The number of alkyl halides is 3. The van der Waals surface area contributed by atoms with E-state index in [4.69, 9.17) is 0 Å². The molecule has 0 saturated carbocycles. The Hall–Kier alpha value is -0.680. The predicted octanol–water partition coefficient (Wildman–Crippen LogP) is 3.77. The van der Waals surface area contributed by atoms with Crippen LogP contribution in [0.1, 0.15) is 24.4 Å². The van der Waals surface area contributed by atoms with Gasteiger partial charge in [-0.3, -0.25) is 0 Å². The second kappa shape index (κ2) is 5.31. The van der Waals surface area contributed by atoms with Crippen molar-refractivity contribution in [3.63, 3.8) is 0 Å². The van der Waals surface area contributed by atoms with E-state index < -0.39 is 12.6 Å². The first-order chi connectivity index (χ1) is 8.06. The molecule has 1 aliphatic rings. The van der Waals surface area contributed by atoms with E-state index in [2.05, 4.69) is 5.32 Å². The Morgan fingerprint density at radius 3 is 2.82 bits per heavy atom. The summed E-state index contributed by atoms with van der Waals surface area (Å²) in [5, 5.41) is 3.00. The minimum atomic E-state index is -4.07. The molecule has 0 fully saturated rings. The summed E-state index contributed by atoms with van der Waals surface area (Å²) in [6, 6.07) is 7.98. The van der Waals surface area contributed by atoms with Crippen LogP contribution in [0.3, 0.4) is 0 Å². The van der Waals surface area contributed by atoms with Gasteiger partial charge >= 0.3 is 6.18 Å². The highest BCUT2D eigenvalue weighted by Gasteiger charge is 2.27. The molecule has 1 aromatic carbocycles. The lowest BCUT2D eigenvalue weighted by Crippen LogP contribution is -2.28. The third-order valence-corrected chi connectivity index (χ3v) is 3.88. The molecule has 17 heavy (non-hydrogen) atoms. The Morgan fingerprint density at radius 1 is 1.29 bits per heavy atom. The van der Waals surface area contributed by atoms with Gasteiger partial charge in [0.05, 0.1) is 6.42 Å². The number of hydrogen-bond acceptors (Lipinski definition) is 2. The van der Waals surface area contributed by atoms with Crippen molar-refractivity contribution in [1.29, 1.82) is 0 Å². The molecule has 1 aromatic rings. The maximum atomic E-state index is 12.1. The maximum absolute atomic E-state index is 12.1. The first-order valence-corrected chi connectivity index (χ1v) is 6.57. The van der Waals surface area contributed by atoms with Gasteiger partial charge in [0, 0.05) is 17.5 Å². The van der Waals surface area contributed by atoms with Crippen LogP contribution < -0.4 is 5.32 Å². The molecule has 1 nitrogen and oxygen atoms in total. The molecule has 0 aromatic heterocycles. The first kappa shape index (κ1) is 12.8. The van der Waals surface area contributed by atoms with Crippen LogP contribution in [-0.2, 0) is 0 Å². The summed E-state index contributed by atoms with van der Waals surface area (Å²) in [7, 11) is 0. The lowest BCUT2D eigenvalue weighted by molar-refractivity contribution is -0.133. The molecule has 1 aliphatic heterocycles. The molecule has 94 valence electrons. The Morgan fingerprint density at radius 2 is 2.06 bits per heavy atom. The fourth-order valence-corrected chi connectivity index (χ4v) is 3.07. The second-order valence-corrected chi connectivity index (χ2v) is 5.18. The smallest absolute Gasteiger partial charge is 0.310 e. The molecule has 0 aliphatic carbocycles. The van der Waals surface area contributed by atoms with Crippen LogP contribution in [0.2, 0.25) is 0 Å². The number of thioether (sulfide) groups is 1. The standard InChI is InChI=1S/C12H14F3NS/c13-12(14,15)6-7-16-10-5-8-17-11-4-2-1-3-9(10)11/h1-4,10,16H,5-8H2. The number of fused-ring (bicyclic) bond motifs is 1. The van der Waals surface area contributed by atoms with Gasteiger partial charge in [-0.25, -0.2) is 0 Å². The van der Waals surface area contributed by atoms with Gasteiger partial charge < -0.3 is 5.32 Å². The predicted molar refractivity (Wildman–Crippen MR) is 63.2 cm³/mol. The molecule has 0 spiro atoms. The van der Waals surface area contributed by atoms with E-state index in [1.54, 1.807) is 11.8 Å². The summed E-state index contributed by atoms with van der Waals surface area (Å²) in [6.45, 7) is -0.00678. The summed E-state index contributed by atoms with van der Waals surface area (Å²) < 4.78 is 36.2. The molecule has 0 amide bonds. The highest BCUT2D eigenvalue weighted by Crippen LogP contribution is 2.35. The minimum absolute atomic E-state index is 0.00678. The van der Waals surface area contributed by atoms with E-state index in [1.807, 2.05) is 24.3 Å². The van der Waals surface area contributed by atoms with Crippen molar-refractivity contribution in [2.24, 2.45) is 0 Å². The number of hydrogen-bond donors (Lipinski definition) is 1. The van der Waals surface area contributed by atoms with Crippen LogP contribution in [0.25, 0.3) is 0 Å². The molecule has 0 saturated heterocycles. The number of rotatable bonds is 3.